The fraction of sp³-hybridized carbons (Fsp3) is 0.636. The molecule has 0 radical (unpaired) electrons. The largest absolute Gasteiger partial charge is 0.370 e. The van der Waals surface area contributed by atoms with E-state index in [2.05, 4.69) is 39.7 Å². The summed E-state index contributed by atoms with van der Waals surface area (Å²) in [5, 5.41) is 0.438. The zero-order valence-electron chi connectivity index (χ0n) is 9.92. The van der Waals surface area contributed by atoms with Crippen LogP contribution in [-0.2, 0) is 4.74 Å². The second kappa shape index (κ2) is 5.94. The maximum atomic E-state index is 6.01. The molecule has 1 rings (SSSR count). The molecule has 0 aliphatic heterocycles. The predicted octanol–water partition coefficient (Wildman–Crippen LogP) is 3.93. The zero-order valence-corrected chi connectivity index (χ0v) is 12.3. The Morgan fingerprint density at radius 1 is 1.38 bits per heavy atom. The summed E-state index contributed by atoms with van der Waals surface area (Å²) in [6.07, 6.45) is -0.103. The molecule has 0 aliphatic rings. The van der Waals surface area contributed by atoms with E-state index in [1.165, 1.54) is 0 Å². The minimum atomic E-state index is -0.103. The standard InChI is InChI=1S/C11H16BrClN2O/c1-5-16-9(6(2)3)11-14-7(4)8(12)10(13)15-11/h6,9H,5H2,1-4H3. The molecule has 0 spiro atoms. The van der Waals surface area contributed by atoms with Crippen LogP contribution in [0.3, 0.4) is 0 Å². The smallest absolute Gasteiger partial charge is 0.159 e. The Bertz CT molecular complexity index is 348. The molecule has 0 N–H and O–H groups in total. The predicted molar refractivity (Wildman–Crippen MR) is 68.7 cm³/mol. The lowest BCUT2D eigenvalue weighted by Gasteiger charge is -2.20. The summed E-state index contributed by atoms with van der Waals surface area (Å²) in [7, 11) is 0. The van der Waals surface area contributed by atoms with Crippen molar-refractivity contribution in [2.75, 3.05) is 6.61 Å². The van der Waals surface area contributed by atoms with Gasteiger partial charge in [0.05, 0.1) is 10.2 Å². The summed E-state index contributed by atoms with van der Waals surface area (Å²) < 4.78 is 6.39. The quantitative estimate of drug-likeness (QED) is 0.790. The highest BCUT2D eigenvalue weighted by atomic mass is 79.9. The van der Waals surface area contributed by atoms with Crippen LogP contribution in [0.25, 0.3) is 0 Å². The molecule has 0 aliphatic carbocycles. The molecule has 0 fully saturated rings. The summed E-state index contributed by atoms with van der Waals surface area (Å²) in [6, 6.07) is 0. The van der Waals surface area contributed by atoms with Gasteiger partial charge in [-0.15, -0.1) is 0 Å². The molecule has 1 atom stereocenters. The van der Waals surface area contributed by atoms with Crippen molar-refractivity contribution < 1.29 is 4.74 Å². The molecule has 1 aromatic heterocycles. The van der Waals surface area contributed by atoms with Gasteiger partial charge in [0.15, 0.2) is 5.82 Å². The summed E-state index contributed by atoms with van der Waals surface area (Å²) in [5.41, 5.74) is 0.834. The summed E-state index contributed by atoms with van der Waals surface area (Å²) >= 11 is 9.36. The number of hydrogen-bond acceptors (Lipinski definition) is 3. The summed E-state index contributed by atoms with van der Waals surface area (Å²) in [5.74, 6) is 0.971. The Kier molecular flexibility index (Phi) is 5.15. The van der Waals surface area contributed by atoms with Crippen LogP contribution in [-0.4, -0.2) is 16.6 Å². The first-order valence-corrected chi connectivity index (χ1v) is 6.45. The van der Waals surface area contributed by atoms with E-state index >= 15 is 0 Å². The van der Waals surface area contributed by atoms with Crippen LogP contribution >= 0.6 is 27.5 Å². The van der Waals surface area contributed by atoms with Crippen molar-refractivity contribution in [3.63, 3.8) is 0 Å². The molecule has 16 heavy (non-hydrogen) atoms. The van der Waals surface area contributed by atoms with Gasteiger partial charge in [-0.05, 0) is 35.7 Å². The van der Waals surface area contributed by atoms with Gasteiger partial charge >= 0.3 is 0 Å². The Hall–Kier alpha value is -0.190. The fourth-order valence-corrected chi connectivity index (χ4v) is 1.82. The molecular weight excluding hydrogens is 291 g/mol. The van der Waals surface area contributed by atoms with Crippen LogP contribution in [0.15, 0.2) is 4.47 Å². The van der Waals surface area contributed by atoms with Gasteiger partial charge in [-0.2, -0.15) is 0 Å². The average molecular weight is 308 g/mol. The maximum Gasteiger partial charge on any atom is 0.159 e. The van der Waals surface area contributed by atoms with E-state index in [4.69, 9.17) is 16.3 Å². The minimum absolute atomic E-state index is 0.103. The number of nitrogens with zero attached hydrogens (tertiary/aromatic N) is 2. The molecule has 0 amide bonds. The number of ether oxygens (including phenoxy) is 1. The van der Waals surface area contributed by atoms with E-state index in [0.717, 1.165) is 10.2 Å². The monoisotopic (exact) mass is 306 g/mol. The molecule has 0 saturated heterocycles. The van der Waals surface area contributed by atoms with Crippen LogP contribution in [0.2, 0.25) is 5.15 Å². The van der Waals surface area contributed by atoms with Gasteiger partial charge in [0.25, 0.3) is 0 Å². The lowest BCUT2D eigenvalue weighted by Crippen LogP contribution is -2.15. The van der Waals surface area contributed by atoms with Gasteiger partial charge in [0.2, 0.25) is 0 Å². The number of halogens is 2. The highest BCUT2D eigenvalue weighted by Crippen LogP contribution is 2.28. The number of rotatable bonds is 4. The lowest BCUT2D eigenvalue weighted by atomic mass is 10.1. The topological polar surface area (TPSA) is 35.0 Å². The molecule has 0 aromatic carbocycles. The number of hydrogen-bond donors (Lipinski definition) is 0. The van der Waals surface area contributed by atoms with Crippen LogP contribution in [0.1, 0.15) is 38.4 Å². The van der Waals surface area contributed by atoms with Gasteiger partial charge in [0, 0.05) is 6.61 Å². The van der Waals surface area contributed by atoms with E-state index in [1.807, 2.05) is 13.8 Å². The minimum Gasteiger partial charge on any atom is -0.370 e. The van der Waals surface area contributed by atoms with E-state index < -0.39 is 0 Å². The Morgan fingerprint density at radius 2 is 2.00 bits per heavy atom. The maximum absolute atomic E-state index is 6.01. The average Bonchev–Trinajstić information content (AvgIpc) is 2.21. The first-order valence-electron chi connectivity index (χ1n) is 5.28. The lowest BCUT2D eigenvalue weighted by molar-refractivity contribution is 0.0231. The van der Waals surface area contributed by atoms with Crippen molar-refractivity contribution in [1.82, 2.24) is 9.97 Å². The van der Waals surface area contributed by atoms with Crippen LogP contribution < -0.4 is 0 Å². The zero-order chi connectivity index (χ0) is 12.3. The Labute approximate surface area is 110 Å². The first kappa shape index (κ1) is 13.9. The molecular formula is C11H16BrClN2O. The van der Waals surface area contributed by atoms with Gasteiger partial charge in [0.1, 0.15) is 11.3 Å². The van der Waals surface area contributed by atoms with Crippen molar-refractivity contribution in [1.29, 1.82) is 0 Å². The van der Waals surface area contributed by atoms with Crippen LogP contribution in [0.5, 0.6) is 0 Å². The molecule has 1 aromatic rings. The second-order valence-corrected chi connectivity index (χ2v) is 5.04. The van der Waals surface area contributed by atoms with E-state index in [0.29, 0.717) is 23.5 Å². The van der Waals surface area contributed by atoms with Crippen molar-refractivity contribution in [2.24, 2.45) is 5.92 Å². The molecule has 3 nitrogen and oxygen atoms in total. The van der Waals surface area contributed by atoms with Gasteiger partial charge in [-0.1, -0.05) is 25.4 Å². The van der Waals surface area contributed by atoms with Crippen molar-refractivity contribution in [3.8, 4) is 0 Å². The molecule has 1 unspecified atom stereocenters. The summed E-state index contributed by atoms with van der Waals surface area (Å²) in [4.78, 5) is 8.66. The van der Waals surface area contributed by atoms with Crippen molar-refractivity contribution in [2.45, 2.75) is 33.8 Å². The second-order valence-electron chi connectivity index (χ2n) is 3.89. The van der Waals surface area contributed by atoms with Gasteiger partial charge < -0.3 is 4.74 Å². The molecule has 90 valence electrons. The van der Waals surface area contributed by atoms with Gasteiger partial charge in [-0.3, -0.25) is 0 Å². The van der Waals surface area contributed by atoms with Crippen molar-refractivity contribution >= 4 is 27.5 Å². The fourth-order valence-electron chi connectivity index (χ4n) is 1.42. The highest BCUT2D eigenvalue weighted by molar-refractivity contribution is 9.10. The van der Waals surface area contributed by atoms with Crippen LogP contribution in [0.4, 0.5) is 0 Å². The first-order chi connectivity index (χ1) is 7.47. The van der Waals surface area contributed by atoms with E-state index in [-0.39, 0.29) is 6.10 Å². The SMILES string of the molecule is CCOC(c1nc(C)c(Br)c(Cl)n1)C(C)C. The summed E-state index contributed by atoms with van der Waals surface area (Å²) in [6.45, 7) is 8.65. The Balaban J connectivity index is 3.10. The molecule has 5 heteroatoms. The van der Waals surface area contributed by atoms with Crippen LogP contribution in [0, 0.1) is 12.8 Å². The number of aromatic nitrogens is 2. The third-order valence-electron chi connectivity index (χ3n) is 2.20. The normalized spacial score (nSPS) is 13.2. The molecule has 0 bridgehead atoms. The van der Waals surface area contributed by atoms with Crippen molar-refractivity contribution in [3.05, 3.63) is 21.1 Å². The van der Waals surface area contributed by atoms with E-state index in [9.17, 15) is 0 Å². The molecule has 1 heterocycles. The van der Waals surface area contributed by atoms with Gasteiger partial charge in [-0.25, -0.2) is 9.97 Å². The third kappa shape index (κ3) is 3.15. The molecule has 0 saturated carbocycles. The van der Waals surface area contributed by atoms with E-state index in [1.54, 1.807) is 0 Å². The third-order valence-corrected chi connectivity index (χ3v) is 3.65. The number of aryl methyl sites for hydroxylation is 1. The Morgan fingerprint density at radius 3 is 2.44 bits per heavy atom. The highest BCUT2D eigenvalue weighted by Gasteiger charge is 2.21.